The smallest absolute Gasteiger partial charge is 0.266 e. The predicted molar refractivity (Wildman–Crippen MR) is 62.6 cm³/mol. The number of aromatic nitrogens is 3. The number of nitrogens with zero attached hydrogens (tertiary/aromatic N) is 3. The first-order valence-corrected chi connectivity index (χ1v) is 5.27. The van der Waals surface area contributed by atoms with Gasteiger partial charge in [0, 0.05) is 18.9 Å². The van der Waals surface area contributed by atoms with E-state index in [2.05, 4.69) is 4.98 Å². The van der Waals surface area contributed by atoms with Crippen LogP contribution in [-0.4, -0.2) is 14.0 Å². The molecule has 0 spiro atoms. The normalized spacial score (nSPS) is 11.3. The van der Waals surface area contributed by atoms with Gasteiger partial charge >= 0.3 is 0 Å². The second-order valence-electron chi connectivity index (χ2n) is 3.69. The van der Waals surface area contributed by atoms with Crippen LogP contribution in [0.3, 0.4) is 0 Å². The molecule has 3 aromatic rings. The molecule has 0 aliphatic rings. The van der Waals surface area contributed by atoms with Crippen molar-refractivity contribution in [1.29, 1.82) is 0 Å². The summed E-state index contributed by atoms with van der Waals surface area (Å²) in [5.41, 5.74) is 0.744. The molecule has 3 rings (SSSR count). The van der Waals surface area contributed by atoms with E-state index in [4.69, 9.17) is 0 Å². The van der Waals surface area contributed by atoms with Gasteiger partial charge < -0.3 is 4.57 Å². The van der Waals surface area contributed by atoms with Crippen molar-refractivity contribution in [2.45, 2.75) is 13.5 Å². The fourth-order valence-corrected chi connectivity index (χ4v) is 1.93. The first-order chi connectivity index (χ1) is 7.81. The summed E-state index contributed by atoms with van der Waals surface area (Å²) in [7, 11) is 0. The number of fused-ring (bicyclic) bond motifs is 2. The van der Waals surface area contributed by atoms with Gasteiger partial charge in [-0.2, -0.15) is 0 Å². The zero-order valence-electron chi connectivity index (χ0n) is 8.92. The molecule has 2 aromatic heterocycles. The molecule has 0 aliphatic carbocycles. The molecule has 0 saturated carbocycles. The Labute approximate surface area is 91.8 Å². The fourth-order valence-electron chi connectivity index (χ4n) is 1.93. The van der Waals surface area contributed by atoms with Crippen LogP contribution in [-0.2, 0) is 6.54 Å². The van der Waals surface area contributed by atoms with Gasteiger partial charge in [0.05, 0.1) is 10.9 Å². The molecule has 0 bridgehead atoms. The summed E-state index contributed by atoms with van der Waals surface area (Å²) in [6.07, 6.45) is 3.64. The van der Waals surface area contributed by atoms with Crippen LogP contribution >= 0.6 is 0 Å². The Balaban J connectivity index is 2.58. The number of hydrogen-bond acceptors (Lipinski definition) is 2. The third kappa shape index (κ3) is 1.10. The lowest BCUT2D eigenvalue weighted by Gasteiger charge is -2.01. The van der Waals surface area contributed by atoms with Crippen LogP contribution in [0.5, 0.6) is 0 Å². The summed E-state index contributed by atoms with van der Waals surface area (Å²) in [5.74, 6) is 0.700. The Morgan fingerprint density at radius 3 is 2.88 bits per heavy atom. The Hall–Kier alpha value is -2.10. The molecule has 2 heterocycles. The molecular formula is C12H11N3O. The van der Waals surface area contributed by atoms with Gasteiger partial charge in [-0.05, 0) is 19.1 Å². The van der Waals surface area contributed by atoms with Gasteiger partial charge in [0.15, 0.2) is 0 Å². The van der Waals surface area contributed by atoms with Gasteiger partial charge in [-0.15, -0.1) is 0 Å². The predicted octanol–water partition coefficient (Wildman–Crippen LogP) is 1.67. The van der Waals surface area contributed by atoms with Crippen molar-refractivity contribution in [3.63, 3.8) is 0 Å². The number of para-hydroxylation sites is 1. The summed E-state index contributed by atoms with van der Waals surface area (Å²) in [6, 6.07) is 7.42. The van der Waals surface area contributed by atoms with Crippen LogP contribution in [0.25, 0.3) is 16.7 Å². The SMILES string of the molecule is CCn1ccn2c(=O)c3ccccc3nc12. The van der Waals surface area contributed by atoms with E-state index >= 15 is 0 Å². The number of aryl methyl sites for hydroxylation is 1. The highest BCUT2D eigenvalue weighted by atomic mass is 16.1. The second kappa shape index (κ2) is 3.20. The maximum absolute atomic E-state index is 12.1. The maximum Gasteiger partial charge on any atom is 0.266 e. The van der Waals surface area contributed by atoms with Crippen molar-refractivity contribution in [2.75, 3.05) is 0 Å². The van der Waals surface area contributed by atoms with Crippen molar-refractivity contribution in [2.24, 2.45) is 0 Å². The summed E-state index contributed by atoms with van der Waals surface area (Å²) in [4.78, 5) is 16.6. The van der Waals surface area contributed by atoms with E-state index in [0.717, 1.165) is 12.1 Å². The van der Waals surface area contributed by atoms with E-state index in [1.807, 2.05) is 35.9 Å². The quantitative estimate of drug-likeness (QED) is 0.616. The monoisotopic (exact) mass is 213 g/mol. The van der Waals surface area contributed by atoms with Crippen LogP contribution in [0.15, 0.2) is 41.5 Å². The molecule has 0 unspecified atom stereocenters. The van der Waals surface area contributed by atoms with Crippen LogP contribution in [0.1, 0.15) is 6.92 Å². The minimum Gasteiger partial charge on any atom is -0.317 e. The lowest BCUT2D eigenvalue weighted by molar-refractivity contribution is 0.778. The van der Waals surface area contributed by atoms with Crippen LogP contribution in [0.4, 0.5) is 0 Å². The van der Waals surface area contributed by atoms with Gasteiger partial charge in [0.25, 0.3) is 5.56 Å². The summed E-state index contributed by atoms with van der Waals surface area (Å²) in [5, 5.41) is 0.661. The average molecular weight is 213 g/mol. The Bertz CT molecular complexity index is 724. The highest BCUT2D eigenvalue weighted by Gasteiger charge is 2.07. The molecule has 80 valence electrons. The van der Waals surface area contributed by atoms with Crippen LogP contribution in [0.2, 0.25) is 0 Å². The summed E-state index contributed by atoms with van der Waals surface area (Å²) < 4.78 is 3.54. The molecule has 0 amide bonds. The largest absolute Gasteiger partial charge is 0.317 e. The highest BCUT2D eigenvalue weighted by Crippen LogP contribution is 2.09. The Morgan fingerprint density at radius 2 is 2.06 bits per heavy atom. The van der Waals surface area contributed by atoms with Crippen molar-refractivity contribution in [3.8, 4) is 0 Å². The maximum atomic E-state index is 12.1. The molecule has 0 aliphatic heterocycles. The van der Waals surface area contributed by atoms with Crippen molar-refractivity contribution in [3.05, 3.63) is 47.0 Å². The Morgan fingerprint density at radius 1 is 1.25 bits per heavy atom. The lowest BCUT2D eigenvalue weighted by Crippen LogP contribution is -2.14. The molecule has 0 radical (unpaired) electrons. The van der Waals surface area contributed by atoms with Gasteiger partial charge in [0.2, 0.25) is 5.78 Å². The van der Waals surface area contributed by atoms with Crippen LogP contribution < -0.4 is 5.56 Å². The molecule has 4 heteroatoms. The van der Waals surface area contributed by atoms with Gasteiger partial charge in [-0.3, -0.25) is 9.20 Å². The number of hydrogen-bond donors (Lipinski definition) is 0. The van der Waals surface area contributed by atoms with Crippen molar-refractivity contribution < 1.29 is 0 Å². The standard InChI is InChI=1S/C12H11N3O/c1-2-14-7-8-15-11(16)9-5-3-4-6-10(9)13-12(14)15/h3-8H,2H2,1H3. The van der Waals surface area contributed by atoms with E-state index in [0.29, 0.717) is 11.2 Å². The minimum absolute atomic E-state index is 0.00667. The van der Waals surface area contributed by atoms with Gasteiger partial charge in [-0.1, -0.05) is 12.1 Å². The lowest BCUT2D eigenvalue weighted by atomic mass is 10.2. The molecule has 0 saturated heterocycles. The Kier molecular flexibility index (Phi) is 1.83. The molecule has 4 nitrogen and oxygen atoms in total. The highest BCUT2D eigenvalue weighted by molar-refractivity contribution is 5.78. The zero-order chi connectivity index (χ0) is 11.1. The molecule has 0 atom stereocenters. The molecule has 0 fully saturated rings. The number of imidazole rings is 1. The summed E-state index contributed by atoms with van der Waals surface area (Å²) in [6.45, 7) is 2.84. The molecule has 1 aromatic carbocycles. The third-order valence-electron chi connectivity index (χ3n) is 2.78. The van der Waals surface area contributed by atoms with E-state index in [9.17, 15) is 4.79 Å². The molecule has 0 N–H and O–H groups in total. The van der Waals surface area contributed by atoms with Crippen molar-refractivity contribution in [1.82, 2.24) is 14.0 Å². The molecule has 16 heavy (non-hydrogen) atoms. The van der Waals surface area contributed by atoms with E-state index < -0.39 is 0 Å². The first-order valence-electron chi connectivity index (χ1n) is 5.27. The van der Waals surface area contributed by atoms with E-state index in [-0.39, 0.29) is 5.56 Å². The number of benzene rings is 1. The fraction of sp³-hybridized carbons (Fsp3) is 0.167. The van der Waals surface area contributed by atoms with Gasteiger partial charge in [-0.25, -0.2) is 4.98 Å². The first kappa shape index (κ1) is 9.15. The second-order valence-corrected chi connectivity index (χ2v) is 3.69. The summed E-state index contributed by atoms with van der Waals surface area (Å²) >= 11 is 0. The van der Waals surface area contributed by atoms with E-state index in [1.165, 1.54) is 0 Å². The molecular weight excluding hydrogens is 202 g/mol. The average Bonchev–Trinajstić information content (AvgIpc) is 2.72. The topological polar surface area (TPSA) is 39.3 Å². The number of rotatable bonds is 1. The van der Waals surface area contributed by atoms with Gasteiger partial charge in [0.1, 0.15) is 0 Å². The van der Waals surface area contributed by atoms with Crippen molar-refractivity contribution >= 4 is 16.7 Å². The zero-order valence-corrected chi connectivity index (χ0v) is 8.92. The minimum atomic E-state index is -0.00667. The third-order valence-corrected chi connectivity index (χ3v) is 2.78. The van der Waals surface area contributed by atoms with Crippen LogP contribution in [0, 0.1) is 0 Å². The van der Waals surface area contributed by atoms with E-state index in [1.54, 1.807) is 16.7 Å².